The lowest BCUT2D eigenvalue weighted by Crippen LogP contribution is -2.57. The average molecular weight is 251 g/mol. The molecule has 1 saturated heterocycles. The molecule has 1 aromatic rings. The van der Waals surface area contributed by atoms with Gasteiger partial charge in [0.2, 0.25) is 0 Å². The summed E-state index contributed by atoms with van der Waals surface area (Å²) in [7, 11) is 0. The molecule has 0 radical (unpaired) electrons. The molecule has 1 aromatic heterocycles. The Morgan fingerprint density at radius 2 is 1.89 bits per heavy atom. The summed E-state index contributed by atoms with van der Waals surface area (Å²) in [6.07, 6.45) is 3.86. The predicted molar refractivity (Wildman–Crippen MR) is 73.4 cm³/mol. The van der Waals surface area contributed by atoms with Crippen LogP contribution in [-0.2, 0) is 6.54 Å². The van der Waals surface area contributed by atoms with Crippen LogP contribution in [0.3, 0.4) is 0 Å². The van der Waals surface area contributed by atoms with Gasteiger partial charge in [0.15, 0.2) is 0 Å². The molecule has 2 rings (SSSR count). The second kappa shape index (κ2) is 5.82. The summed E-state index contributed by atoms with van der Waals surface area (Å²) in [5.41, 5.74) is 5.96. The van der Waals surface area contributed by atoms with Crippen molar-refractivity contribution in [3.8, 4) is 0 Å². The van der Waals surface area contributed by atoms with Crippen LogP contribution in [0.25, 0.3) is 0 Å². The zero-order valence-corrected chi connectivity index (χ0v) is 11.5. The molecule has 0 atom stereocenters. The van der Waals surface area contributed by atoms with Gasteiger partial charge in [0.1, 0.15) is 0 Å². The molecular formula is C13H25N5. The molecule has 0 spiro atoms. The minimum absolute atomic E-state index is 0.133. The molecule has 1 aliphatic rings. The highest BCUT2D eigenvalue weighted by atomic mass is 15.3. The number of aromatic nitrogens is 2. The minimum atomic E-state index is 0.133. The van der Waals surface area contributed by atoms with Gasteiger partial charge in [-0.25, -0.2) is 0 Å². The summed E-state index contributed by atoms with van der Waals surface area (Å²) in [6.45, 7) is 11.7. The monoisotopic (exact) mass is 251 g/mol. The smallest absolute Gasteiger partial charge is 0.0536 e. The molecule has 0 aliphatic carbocycles. The van der Waals surface area contributed by atoms with Gasteiger partial charge >= 0.3 is 0 Å². The van der Waals surface area contributed by atoms with Crippen LogP contribution in [-0.4, -0.2) is 64.4 Å². The van der Waals surface area contributed by atoms with Crippen molar-refractivity contribution in [1.29, 1.82) is 0 Å². The van der Waals surface area contributed by atoms with Crippen molar-refractivity contribution in [1.82, 2.24) is 19.6 Å². The minimum Gasteiger partial charge on any atom is -0.329 e. The van der Waals surface area contributed by atoms with Gasteiger partial charge < -0.3 is 5.73 Å². The summed E-state index contributed by atoms with van der Waals surface area (Å²) in [5, 5.41) is 4.23. The molecule has 18 heavy (non-hydrogen) atoms. The molecule has 0 aromatic carbocycles. The number of piperazine rings is 1. The predicted octanol–water partition coefficient (Wildman–Crippen LogP) is 0.238. The second-order valence-electron chi connectivity index (χ2n) is 5.61. The van der Waals surface area contributed by atoms with Crippen molar-refractivity contribution in [2.45, 2.75) is 25.9 Å². The van der Waals surface area contributed by atoms with Gasteiger partial charge in [-0.1, -0.05) is 0 Å². The lowest BCUT2D eigenvalue weighted by atomic mass is 10.0. The van der Waals surface area contributed by atoms with Crippen LogP contribution in [0.5, 0.6) is 0 Å². The molecule has 5 nitrogen and oxygen atoms in total. The van der Waals surface area contributed by atoms with Gasteiger partial charge in [0.05, 0.1) is 6.54 Å². The Morgan fingerprint density at radius 1 is 1.17 bits per heavy atom. The zero-order valence-electron chi connectivity index (χ0n) is 11.5. The number of hydrogen-bond acceptors (Lipinski definition) is 4. The van der Waals surface area contributed by atoms with Crippen LogP contribution in [0.1, 0.15) is 13.8 Å². The van der Waals surface area contributed by atoms with Crippen LogP contribution >= 0.6 is 0 Å². The number of rotatable bonds is 5. The number of hydrogen-bond donors (Lipinski definition) is 1. The van der Waals surface area contributed by atoms with Crippen molar-refractivity contribution in [3.63, 3.8) is 0 Å². The lowest BCUT2D eigenvalue weighted by Gasteiger charge is -2.43. The fraction of sp³-hybridized carbons (Fsp3) is 0.769. The van der Waals surface area contributed by atoms with E-state index in [0.29, 0.717) is 0 Å². The van der Waals surface area contributed by atoms with Gasteiger partial charge in [-0.05, 0) is 19.9 Å². The maximum atomic E-state index is 5.83. The first-order valence-electron chi connectivity index (χ1n) is 6.77. The first-order chi connectivity index (χ1) is 8.62. The summed E-state index contributed by atoms with van der Waals surface area (Å²) >= 11 is 0. The Balaban J connectivity index is 1.73. The Labute approximate surface area is 110 Å². The van der Waals surface area contributed by atoms with Crippen LogP contribution in [0.15, 0.2) is 18.5 Å². The van der Waals surface area contributed by atoms with Crippen LogP contribution in [0, 0.1) is 0 Å². The molecule has 102 valence electrons. The van der Waals surface area contributed by atoms with E-state index in [0.717, 1.165) is 45.8 Å². The van der Waals surface area contributed by atoms with Gasteiger partial charge in [-0.2, -0.15) is 5.10 Å². The lowest BCUT2D eigenvalue weighted by molar-refractivity contribution is 0.0551. The van der Waals surface area contributed by atoms with Crippen molar-refractivity contribution in [2.24, 2.45) is 5.73 Å². The summed E-state index contributed by atoms with van der Waals surface area (Å²) in [6, 6.07) is 1.97. The molecule has 0 saturated carbocycles. The highest BCUT2D eigenvalue weighted by molar-refractivity contribution is 4.86. The molecule has 1 aliphatic heterocycles. The normalized spacial score (nSPS) is 19.3. The fourth-order valence-electron chi connectivity index (χ4n) is 2.38. The van der Waals surface area contributed by atoms with Gasteiger partial charge in [0, 0.05) is 57.2 Å². The van der Waals surface area contributed by atoms with E-state index in [-0.39, 0.29) is 5.54 Å². The highest BCUT2D eigenvalue weighted by Gasteiger charge is 2.28. The van der Waals surface area contributed by atoms with E-state index in [1.54, 1.807) is 0 Å². The maximum absolute atomic E-state index is 5.83. The molecule has 0 unspecified atom stereocenters. The maximum Gasteiger partial charge on any atom is 0.0536 e. The molecule has 2 N–H and O–H groups in total. The quantitative estimate of drug-likeness (QED) is 0.814. The third-order valence-corrected chi connectivity index (χ3v) is 3.93. The highest BCUT2D eigenvalue weighted by Crippen LogP contribution is 2.15. The summed E-state index contributed by atoms with van der Waals surface area (Å²) < 4.78 is 2.00. The first-order valence-corrected chi connectivity index (χ1v) is 6.77. The van der Waals surface area contributed by atoms with Crippen molar-refractivity contribution in [2.75, 3.05) is 39.3 Å². The SMILES string of the molecule is CC(C)(CN)N1CCN(CCn2cccn2)CC1. The van der Waals surface area contributed by atoms with Crippen LogP contribution < -0.4 is 5.73 Å². The van der Waals surface area contributed by atoms with Crippen molar-refractivity contribution >= 4 is 0 Å². The molecule has 1 fully saturated rings. The Morgan fingerprint density at radius 3 is 2.44 bits per heavy atom. The van der Waals surface area contributed by atoms with Gasteiger partial charge in [-0.15, -0.1) is 0 Å². The third-order valence-electron chi connectivity index (χ3n) is 3.93. The number of nitrogens with two attached hydrogens (primary N) is 1. The molecular weight excluding hydrogens is 226 g/mol. The molecule has 0 amide bonds. The van der Waals surface area contributed by atoms with E-state index in [2.05, 4.69) is 28.7 Å². The Hall–Kier alpha value is -0.910. The Bertz CT molecular complexity index is 338. The molecule has 2 heterocycles. The first kappa shape index (κ1) is 13.5. The largest absolute Gasteiger partial charge is 0.329 e. The zero-order chi connectivity index (χ0) is 13.0. The standard InChI is InChI=1S/C13H25N5/c1-13(2,12-14)17-9-6-16(7-10-17)8-11-18-5-3-4-15-18/h3-5H,6-12,14H2,1-2H3. The van der Waals surface area contributed by atoms with E-state index in [4.69, 9.17) is 5.73 Å². The molecule has 0 bridgehead atoms. The summed E-state index contributed by atoms with van der Waals surface area (Å²) in [4.78, 5) is 5.00. The van der Waals surface area contributed by atoms with E-state index in [1.165, 1.54) is 0 Å². The summed E-state index contributed by atoms with van der Waals surface area (Å²) in [5.74, 6) is 0. The Kier molecular flexibility index (Phi) is 4.37. The van der Waals surface area contributed by atoms with Gasteiger partial charge in [0.25, 0.3) is 0 Å². The van der Waals surface area contributed by atoms with Gasteiger partial charge in [-0.3, -0.25) is 14.5 Å². The van der Waals surface area contributed by atoms with Crippen LogP contribution in [0.2, 0.25) is 0 Å². The van der Waals surface area contributed by atoms with E-state index in [1.807, 2.05) is 23.1 Å². The van der Waals surface area contributed by atoms with E-state index >= 15 is 0 Å². The van der Waals surface area contributed by atoms with Crippen LogP contribution in [0.4, 0.5) is 0 Å². The molecule has 5 heteroatoms. The van der Waals surface area contributed by atoms with E-state index < -0.39 is 0 Å². The fourth-order valence-corrected chi connectivity index (χ4v) is 2.38. The van der Waals surface area contributed by atoms with Crippen molar-refractivity contribution < 1.29 is 0 Å². The number of nitrogens with zero attached hydrogens (tertiary/aromatic N) is 4. The topological polar surface area (TPSA) is 50.3 Å². The third kappa shape index (κ3) is 3.31. The average Bonchev–Trinajstić information content (AvgIpc) is 2.90. The van der Waals surface area contributed by atoms with Crippen molar-refractivity contribution in [3.05, 3.63) is 18.5 Å². The van der Waals surface area contributed by atoms with E-state index in [9.17, 15) is 0 Å². The second-order valence-corrected chi connectivity index (χ2v) is 5.61.